The maximum absolute atomic E-state index is 8.98. The van der Waals surface area contributed by atoms with Gasteiger partial charge >= 0.3 is 0 Å². The van der Waals surface area contributed by atoms with Gasteiger partial charge in [0.2, 0.25) is 0 Å². The van der Waals surface area contributed by atoms with Crippen LogP contribution in [0.3, 0.4) is 0 Å². The molecule has 1 fully saturated rings. The Morgan fingerprint density at radius 3 is 2.18 bits per heavy atom. The molecule has 1 unspecified atom stereocenters. The molecule has 0 aromatic heterocycles. The summed E-state index contributed by atoms with van der Waals surface area (Å²) in [6.45, 7) is 2.56. The van der Waals surface area contributed by atoms with E-state index >= 15 is 0 Å². The van der Waals surface area contributed by atoms with Crippen LogP contribution in [0.25, 0.3) is 0 Å². The van der Waals surface area contributed by atoms with E-state index in [1.165, 1.54) is 38.5 Å². The average Bonchev–Trinajstić information content (AvgIpc) is 2.30. The molecule has 0 spiro atoms. The van der Waals surface area contributed by atoms with Gasteiger partial charge in [-0.1, -0.05) is 45.4 Å². The van der Waals surface area contributed by atoms with Gasteiger partial charge in [0.05, 0.1) is 0 Å². The molecular weight excluding hydrogens is 136 g/mol. The van der Waals surface area contributed by atoms with Crippen molar-refractivity contribution in [2.45, 2.75) is 45.4 Å². The van der Waals surface area contributed by atoms with Gasteiger partial charge in [-0.3, -0.25) is 0 Å². The lowest BCUT2D eigenvalue weighted by atomic mass is 9.88. The van der Waals surface area contributed by atoms with Crippen molar-refractivity contribution in [3.8, 4) is 0 Å². The fraction of sp³-hybridized carbons (Fsp3) is 1.00. The number of aliphatic hydroxyl groups excluding tert-OH is 1. The van der Waals surface area contributed by atoms with Crippen molar-refractivity contribution in [2.75, 3.05) is 6.61 Å². The molecule has 1 N–H and O–H groups in total. The largest absolute Gasteiger partial charge is 0.396 e. The summed E-state index contributed by atoms with van der Waals surface area (Å²) in [7, 11) is 0. The fourth-order valence-electron chi connectivity index (χ4n) is 2.03. The molecule has 0 aliphatic heterocycles. The molecule has 0 aromatic carbocycles. The Bertz CT molecular complexity index is 93.0. The number of hydrogen-bond donors (Lipinski definition) is 1. The second-order valence-corrected chi connectivity index (χ2v) is 3.91. The second kappa shape index (κ2) is 4.76. The molecule has 66 valence electrons. The highest BCUT2D eigenvalue weighted by Gasteiger charge is 2.17. The molecule has 1 nitrogen and oxygen atoms in total. The van der Waals surface area contributed by atoms with Crippen molar-refractivity contribution in [1.82, 2.24) is 0 Å². The van der Waals surface area contributed by atoms with Crippen molar-refractivity contribution < 1.29 is 5.11 Å². The standard InChI is InChI=1S/C10H20O/c1-9(8-11)10-6-4-2-3-5-7-10/h9-11H,2-8H2,1H3. The van der Waals surface area contributed by atoms with E-state index in [-0.39, 0.29) is 0 Å². The summed E-state index contributed by atoms with van der Waals surface area (Å²) in [6.07, 6.45) is 8.29. The van der Waals surface area contributed by atoms with Crippen LogP contribution in [0.1, 0.15) is 45.4 Å². The maximum Gasteiger partial charge on any atom is 0.0459 e. The van der Waals surface area contributed by atoms with E-state index in [9.17, 15) is 0 Å². The predicted molar refractivity (Wildman–Crippen MR) is 47.4 cm³/mol. The highest BCUT2D eigenvalue weighted by molar-refractivity contribution is 4.69. The zero-order valence-corrected chi connectivity index (χ0v) is 7.55. The van der Waals surface area contributed by atoms with Crippen molar-refractivity contribution in [1.29, 1.82) is 0 Å². The third kappa shape index (κ3) is 2.82. The first-order valence-electron chi connectivity index (χ1n) is 4.95. The molecule has 0 heterocycles. The van der Waals surface area contributed by atoms with Crippen molar-refractivity contribution in [2.24, 2.45) is 11.8 Å². The summed E-state index contributed by atoms with van der Waals surface area (Å²) >= 11 is 0. The minimum atomic E-state index is 0.380. The summed E-state index contributed by atoms with van der Waals surface area (Å²) in [4.78, 5) is 0. The summed E-state index contributed by atoms with van der Waals surface area (Å²) in [5, 5.41) is 8.98. The molecule has 1 rings (SSSR count). The summed E-state index contributed by atoms with van der Waals surface area (Å²) in [5.41, 5.74) is 0. The Balaban J connectivity index is 2.30. The van der Waals surface area contributed by atoms with Crippen LogP contribution in [-0.4, -0.2) is 11.7 Å². The van der Waals surface area contributed by atoms with Gasteiger partial charge in [0.25, 0.3) is 0 Å². The molecule has 1 aliphatic rings. The van der Waals surface area contributed by atoms with Gasteiger partial charge in [-0.15, -0.1) is 0 Å². The first-order valence-corrected chi connectivity index (χ1v) is 4.95. The summed E-state index contributed by atoms with van der Waals surface area (Å²) in [5.74, 6) is 1.34. The van der Waals surface area contributed by atoms with E-state index in [0.717, 1.165) is 5.92 Å². The lowest BCUT2D eigenvalue weighted by molar-refractivity contribution is 0.177. The van der Waals surface area contributed by atoms with E-state index in [0.29, 0.717) is 12.5 Å². The van der Waals surface area contributed by atoms with Crippen LogP contribution in [-0.2, 0) is 0 Å². The summed E-state index contributed by atoms with van der Waals surface area (Å²) < 4.78 is 0. The molecule has 1 atom stereocenters. The van der Waals surface area contributed by atoms with Crippen LogP contribution < -0.4 is 0 Å². The topological polar surface area (TPSA) is 20.2 Å². The van der Waals surface area contributed by atoms with Gasteiger partial charge in [-0.2, -0.15) is 0 Å². The molecule has 0 bridgehead atoms. The Kier molecular flexibility index (Phi) is 3.92. The summed E-state index contributed by atoms with van der Waals surface area (Å²) in [6, 6.07) is 0. The zero-order valence-electron chi connectivity index (χ0n) is 7.55. The number of hydrogen-bond acceptors (Lipinski definition) is 1. The van der Waals surface area contributed by atoms with Crippen LogP contribution in [0.5, 0.6) is 0 Å². The number of rotatable bonds is 2. The Hall–Kier alpha value is -0.0400. The molecule has 0 aromatic rings. The predicted octanol–water partition coefficient (Wildman–Crippen LogP) is 2.59. The van der Waals surface area contributed by atoms with Crippen molar-refractivity contribution in [3.63, 3.8) is 0 Å². The lowest BCUT2D eigenvalue weighted by Gasteiger charge is -2.19. The Morgan fingerprint density at radius 2 is 1.73 bits per heavy atom. The van der Waals surface area contributed by atoms with Crippen molar-refractivity contribution >= 4 is 0 Å². The van der Waals surface area contributed by atoms with Crippen LogP contribution in [0.4, 0.5) is 0 Å². The minimum absolute atomic E-state index is 0.380. The van der Waals surface area contributed by atoms with Crippen LogP contribution in [0, 0.1) is 11.8 Å². The van der Waals surface area contributed by atoms with Gasteiger partial charge in [0.15, 0.2) is 0 Å². The van der Waals surface area contributed by atoms with Crippen molar-refractivity contribution in [3.05, 3.63) is 0 Å². The molecule has 0 amide bonds. The van der Waals surface area contributed by atoms with Gasteiger partial charge in [-0.25, -0.2) is 0 Å². The van der Waals surface area contributed by atoms with Gasteiger partial charge < -0.3 is 5.11 Å². The Morgan fingerprint density at radius 1 is 1.18 bits per heavy atom. The van der Waals surface area contributed by atoms with Crippen LogP contribution >= 0.6 is 0 Å². The molecule has 1 saturated carbocycles. The van der Waals surface area contributed by atoms with Gasteiger partial charge in [0, 0.05) is 6.61 Å². The Labute approximate surface area is 69.8 Å². The second-order valence-electron chi connectivity index (χ2n) is 3.91. The van der Waals surface area contributed by atoms with E-state index in [2.05, 4.69) is 6.92 Å². The molecule has 1 aliphatic carbocycles. The normalized spacial score (nSPS) is 24.5. The van der Waals surface area contributed by atoms with Crippen LogP contribution in [0.2, 0.25) is 0 Å². The van der Waals surface area contributed by atoms with E-state index < -0.39 is 0 Å². The first-order chi connectivity index (χ1) is 5.34. The molecule has 0 saturated heterocycles. The lowest BCUT2D eigenvalue weighted by Crippen LogP contribution is -2.14. The smallest absolute Gasteiger partial charge is 0.0459 e. The van der Waals surface area contributed by atoms with E-state index in [1.54, 1.807) is 0 Å². The van der Waals surface area contributed by atoms with E-state index in [4.69, 9.17) is 5.11 Å². The molecular formula is C10H20O. The third-order valence-corrected chi connectivity index (χ3v) is 2.99. The number of aliphatic hydroxyl groups is 1. The first kappa shape index (κ1) is 9.05. The fourth-order valence-corrected chi connectivity index (χ4v) is 2.03. The highest BCUT2D eigenvalue weighted by atomic mass is 16.3. The van der Waals surface area contributed by atoms with Gasteiger partial charge in [0.1, 0.15) is 0 Å². The maximum atomic E-state index is 8.98. The molecule has 11 heavy (non-hydrogen) atoms. The van der Waals surface area contributed by atoms with E-state index in [1.807, 2.05) is 0 Å². The quantitative estimate of drug-likeness (QED) is 0.609. The minimum Gasteiger partial charge on any atom is -0.396 e. The van der Waals surface area contributed by atoms with Crippen LogP contribution in [0.15, 0.2) is 0 Å². The molecule has 1 heteroatoms. The third-order valence-electron chi connectivity index (χ3n) is 2.99. The monoisotopic (exact) mass is 156 g/mol. The molecule has 0 radical (unpaired) electrons. The average molecular weight is 156 g/mol. The SMILES string of the molecule is CC(CO)C1CCCCCC1. The highest BCUT2D eigenvalue weighted by Crippen LogP contribution is 2.28. The zero-order chi connectivity index (χ0) is 8.10. The van der Waals surface area contributed by atoms with Gasteiger partial charge in [-0.05, 0) is 11.8 Å².